The third kappa shape index (κ3) is 4.03. The Kier molecular flexibility index (Phi) is 4.60. The molecule has 1 fully saturated rings. The van der Waals surface area contributed by atoms with Crippen molar-refractivity contribution in [1.29, 1.82) is 0 Å². The summed E-state index contributed by atoms with van der Waals surface area (Å²) in [6.45, 7) is 3.46. The summed E-state index contributed by atoms with van der Waals surface area (Å²) >= 11 is 0. The van der Waals surface area contributed by atoms with Gasteiger partial charge in [0.05, 0.1) is 11.5 Å². The van der Waals surface area contributed by atoms with Crippen LogP contribution in [0.1, 0.15) is 24.9 Å². The van der Waals surface area contributed by atoms with E-state index in [1.165, 1.54) is 0 Å². The largest absolute Gasteiger partial charge is 0.324 e. The van der Waals surface area contributed by atoms with E-state index in [1.54, 1.807) is 0 Å². The van der Waals surface area contributed by atoms with Gasteiger partial charge in [0.15, 0.2) is 9.84 Å². The molecule has 1 aliphatic rings. The Hall–Kier alpha value is -0.910. The van der Waals surface area contributed by atoms with Crippen molar-refractivity contribution in [3.05, 3.63) is 35.9 Å². The van der Waals surface area contributed by atoms with Crippen LogP contribution in [0.15, 0.2) is 30.3 Å². The fourth-order valence-corrected chi connectivity index (χ4v) is 4.16. The Balaban J connectivity index is 1.86. The Morgan fingerprint density at radius 1 is 1.37 bits per heavy atom. The first kappa shape index (κ1) is 14.5. The van der Waals surface area contributed by atoms with Crippen molar-refractivity contribution in [2.24, 2.45) is 5.73 Å². The predicted octanol–water partition coefficient (Wildman–Crippen LogP) is 1.20. The van der Waals surface area contributed by atoms with Gasteiger partial charge in [0, 0.05) is 25.2 Å². The van der Waals surface area contributed by atoms with Crippen LogP contribution in [0.5, 0.6) is 0 Å². The molecule has 0 saturated carbocycles. The van der Waals surface area contributed by atoms with Gasteiger partial charge < -0.3 is 5.73 Å². The van der Waals surface area contributed by atoms with Crippen molar-refractivity contribution >= 4 is 9.84 Å². The second kappa shape index (κ2) is 6.03. The van der Waals surface area contributed by atoms with E-state index in [2.05, 4.69) is 4.90 Å². The average molecular weight is 282 g/mol. The number of nitrogens with two attached hydrogens (primary N) is 1. The van der Waals surface area contributed by atoms with Crippen molar-refractivity contribution in [1.82, 2.24) is 4.90 Å². The minimum absolute atomic E-state index is 0.0203. The van der Waals surface area contributed by atoms with Gasteiger partial charge in [-0.3, -0.25) is 4.90 Å². The van der Waals surface area contributed by atoms with Gasteiger partial charge in [-0.05, 0) is 18.9 Å². The maximum absolute atomic E-state index is 11.5. The Morgan fingerprint density at radius 2 is 2.05 bits per heavy atom. The van der Waals surface area contributed by atoms with Gasteiger partial charge in [-0.15, -0.1) is 0 Å². The molecular formula is C14H22N2O2S. The van der Waals surface area contributed by atoms with Crippen LogP contribution in [0.25, 0.3) is 0 Å². The fraction of sp³-hybridized carbons (Fsp3) is 0.571. The molecule has 0 aliphatic carbocycles. The van der Waals surface area contributed by atoms with Crippen LogP contribution in [0.4, 0.5) is 0 Å². The summed E-state index contributed by atoms with van der Waals surface area (Å²) in [5.74, 6) is 0.547. The Labute approximate surface area is 115 Å². The average Bonchev–Trinajstić information content (AvgIpc) is 2.37. The standard InChI is InChI=1S/C14H22N2O2S/c1-12-11-19(17,18)10-9-16(12)8-7-14(15)13-5-3-2-4-6-13/h2-6,12,14H,7-11,15H2,1H3. The predicted molar refractivity (Wildman–Crippen MR) is 77.7 cm³/mol. The van der Waals surface area contributed by atoms with Gasteiger partial charge >= 0.3 is 0 Å². The highest BCUT2D eigenvalue weighted by Gasteiger charge is 2.27. The van der Waals surface area contributed by atoms with E-state index in [1.807, 2.05) is 37.3 Å². The molecule has 2 atom stereocenters. The molecule has 2 unspecified atom stereocenters. The van der Waals surface area contributed by atoms with Gasteiger partial charge in [-0.2, -0.15) is 0 Å². The van der Waals surface area contributed by atoms with Crippen molar-refractivity contribution in [2.75, 3.05) is 24.6 Å². The first-order valence-electron chi connectivity index (χ1n) is 6.73. The van der Waals surface area contributed by atoms with Crippen LogP contribution in [0.2, 0.25) is 0 Å². The molecule has 19 heavy (non-hydrogen) atoms. The summed E-state index contributed by atoms with van der Waals surface area (Å²) in [5.41, 5.74) is 7.30. The summed E-state index contributed by atoms with van der Waals surface area (Å²) in [7, 11) is -2.83. The number of nitrogens with zero attached hydrogens (tertiary/aromatic N) is 1. The molecule has 0 amide bonds. The Morgan fingerprint density at radius 3 is 2.68 bits per heavy atom. The summed E-state index contributed by atoms with van der Waals surface area (Å²) in [6.07, 6.45) is 0.856. The molecular weight excluding hydrogens is 260 g/mol. The summed E-state index contributed by atoms with van der Waals surface area (Å²) in [4.78, 5) is 2.23. The zero-order valence-electron chi connectivity index (χ0n) is 11.3. The van der Waals surface area contributed by atoms with Crippen molar-refractivity contribution in [3.63, 3.8) is 0 Å². The lowest BCUT2D eigenvalue weighted by Gasteiger charge is -2.33. The molecule has 4 nitrogen and oxygen atoms in total. The molecule has 1 aromatic rings. The van der Waals surface area contributed by atoms with E-state index in [0.717, 1.165) is 18.5 Å². The van der Waals surface area contributed by atoms with Crippen molar-refractivity contribution < 1.29 is 8.42 Å². The lowest BCUT2D eigenvalue weighted by Crippen LogP contribution is -2.47. The van der Waals surface area contributed by atoms with Crippen LogP contribution < -0.4 is 5.73 Å². The maximum atomic E-state index is 11.5. The van der Waals surface area contributed by atoms with E-state index in [9.17, 15) is 8.42 Å². The highest BCUT2D eigenvalue weighted by Crippen LogP contribution is 2.17. The lowest BCUT2D eigenvalue weighted by molar-refractivity contribution is 0.219. The third-order valence-corrected chi connectivity index (χ3v) is 5.56. The number of benzene rings is 1. The van der Waals surface area contributed by atoms with Gasteiger partial charge in [-0.25, -0.2) is 8.42 Å². The molecule has 0 radical (unpaired) electrons. The molecule has 5 heteroatoms. The van der Waals surface area contributed by atoms with E-state index in [4.69, 9.17) is 5.73 Å². The van der Waals surface area contributed by atoms with E-state index in [-0.39, 0.29) is 23.6 Å². The molecule has 1 saturated heterocycles. The molecule has 2 N–H and O–H groups in total. The van der Waals surface area contributed by atoms with Crippen molar-refractivity contribution in [2.45, 2.75) is 25.4 Å². The number of hydrogen-bond acceptors (Lipinski definition) is 4. The highest BCUT2D eigenvalue weighted by atomic mass is 32.2. The molecule has 0 bridgehead atoms. The number of rotatable bonds is 4. The third-order valence-electron chi connectivity index (χ3n) is 3.76. The monoisotopic (exact) mass is 282 g/mol. The summed E-state index contributed by atoms with van der Waals surface area (Å²) in [6, 6.07) is 10.2. The Bertz CT molecular complexity index is 501. The molecule has 0 aromatic heterocycles. The quantitative estimate of drug-likeness (QED) is 0.901. The van der Waals surface area contributed by atoms with Crippen LogP contribution in [0.3, 0.4) is 0 Å². The molecule has 1 heterocycles. The second-order valence-electron chi connectivity index (χ2n) is 5.31. The first-order valence-corrected chi connectivity index (χ1v) is 8.55. The van der Waals surface area contributed by atoms with Crippen LogP contribution in [-0.4, -0.2) is 44.0 Å². The van der Waals surface area contributed by atoms with E-state index in [0.29, 0.717) is 6.54 Å². The molecule has 2 rings (SSSR count). The van der Waals surface area contributed by atoms with Crippen molar-refractivity contribution in [3.8, 4) is 0 Å². The number of sulfone groups is 1. The van der Waals surface area contributed by atoms with Crippen LogP contribution >= 0.6 is 0 Å². The smallest absolute Gasteiger partial charge is 0.153 e. The topological polar surface area (TPSA) is 63.4 Å². The second-order valence-corrected chi connectivity index (χ2v) is 7.53. The van der Waals surface area contributed by atoms with E-state index < -0.39 is 9.84 Å². The molecule has 1 aromatic carbocycles. The first-order chi connectivity index (χ1) is 8.98. The molecule has 0 spiro atoms. The van der Waals surface area contributed by atoms with Gasteiger partial charge in [0.2, 0.25) is 0 Å². The zero-order valence-corrected chi connectivity index (χ0v) is 12.1. The molecule has 106 valence electrons. The normalized spacial score (nSPS) is 25.1. The van der Waals surface area contributed by atoms with Gasteiger partial charge in [0.1, 0.15) is 0 Å². The minimum atomic E-state index is -2.83. The minimum Gasteiger partial charge on any atom is -0.324 e. The van der Waals surface area contributed by atoms with Gasteiger partial charge in [-0.1, -0.05) is 30.3 Å². The number of hydrogen-bond donors (Lipinski definition) is 1. The van der Waals surface area contributed by atoms with Crippen LogP contribution in [0, 0.1) is 0 Å². The summed E-state index contributed by atoms with van der Waals surface area (Å²) in [5, 5.41) is 0. The van der Waals surface area contributed by atoms with Crippen LogP contribution in [-0.2, 0) is 9.84 Å². The maximum Gasteiger partial charge on any atom is 0.153 e. The SMILES string of the molecule is CC1CS(=O)(=O)CCN1CCC(N)c1ccccc1. The highest BCUT2D eigenvalue weighted by molar-refractivity contribution is 7.91. The van der Waals surface area contributed by atoms with E-state index >= 15 is 0 Å². The molecule has 1 aliphatic heterocycles. The zero-order chi connectivity index (χ0) is 13.9. The lowest BCUT2D eigenvalue weighted by atomic mass is 10.0. The van der Waals surface area contributed by atoms with Gasteiger partial charge in [0.25, 0.3) is 0 Å². The fourth-order valence-electron chi connectivity index (χ4n) is 2.54. The summed E-state index contributed by atoms with van der Waals surface area (Å²) < 4.78 is 23.0.